The summed E-state index contributed by atoms with van der Waals surface area (Å²) >= 11 is 2.58. The minimum absolute atomic E-state index is 0.388. The zero-order valence-corrected chi connectivity index (χ0v) is 36.4. The van der Waals surface area contributed by atoms with Gasteiger partial charge in [0.1, 0.15) is 0 Å². The Balaban J connectivity index is 0. The lowest BCUT2D eigenvalue weighted by atomic mass is 9.91. The standard InChI is InChI=1S/C23H47I.C23H48O/c2*1-3-5-7-9-11-13-15-17-19-23(21-22-24)20-18-16-14-12-10-8-6-4-2/h23H,3-22H2,1-2H3;23-24H,3-22H2,1-2H3. The molecule has 0 amide bonds. The van der Waals surface area contributed by atoms with E-state index < -0.39 is 0 Å². The molecule has 0 aliphatic carbocycles. The molecule has 0 radical (unpaired) electrons. The van der Waals surface area contributed by atoms with E-state index in [0.29, 0.717) is 6.61 Å². The highest BCUT2D eigenvalue weighted by Crippen LogP contribution is 2.24. The molecule has 0 saturated heterocycles. The van der Waals surface area contributed by atoms with Crippen molar-refractivity contribution in [3.8, 4) is 0 Å². The maximum Gasteiger partial charge on any atom is 0.0433 e. The first-order chi connectivity index (χ1) is 23.7. The molecule has 1 N–H and O–H groups in total. The Labute approximate surface area is 320 Å². The molecule has 0 aliphatic rings. The summed E-state index contributed by atoms with van der Waals surface area (Å²) < 4.78 is 1.36. The van der Waals surface area contributed by atoms with Crippen LogP contribution in [0.5, 0.6) is 0 Å². The molecule has 0 rings (SSSR count). The van der Waals surface area contributed by atoms with Crippen LogP contribution in [0.25, 0.3) is 0 Å². The summed E-state index contributed by atoms with van der Waals surface area (Å²) in [5, 5.41) is 9.28. The van der Waals surface area contributed by atoms with E-state index in [0.717, 1.165) is 18.3 Å². The van der Waals surface area contributed by atoms with Crippen LogP contribution in [0, 0.1) is 11.8 Å². The third-order valence-electron chi connectivity index (χ3n) is 10.9. The zero-order chi connectivity index (χ0) is 35.4. The van der Waals surface area contributed by atoms with Crippen LogP contribution in [0.4, 0.5) is 0 Å². The van der Waals surface area contributed by atoms with Crippen molar-refractivity contribution in [3.63, 3.8) is 0 Å². The molecule has 0 saturated carbocycles. The molecule has 2 heteroatoms. The first kappa shape index (κ1) is 50.8. The summed E-state index contributed by atoms with van der Waals surface area (Å²) in [5.74, 6) is 1.82. The number of hydrogen-bond donors (Lipinski definition) is 1. The molecule has 0 heterocycles. The van der Waals surface area contributed by atoms with E-state index in [1.165, 1.54) is 242 Å². The number of hydrogen-bond acceptors (Lipinski definition) is 1. The normalized spacial score (nSPS) is 11.5. The van der Waals surface area contributed by atoms with Gasteiger partial charge in [-0.15, -0.1) is 0 Å². The molecule has 292 valence electrons. The van der Waals surface area contributed by atoms with Crippen LogP contribution in [0.2, 0.25) is 0 Å². The molecule has 48 heavy (non-hydrogen) atoms. The molecule has 0 aromatic carbocycles. The van der Waals surface area contributed by atoms with Gasteiger partial charge >= 0.3 is 0 Å². The lowest BCUT2D eigenvalue weighted by Crippen LogP contribution is -2.03. The van der Waals surface area contributed by atoms with Gasteiger partial charge in [-0.05, 0) is 29.1 Å². The van der Waals surface area contributed by atoms with Crippen LogP contribution in [0.1, 0.15) is 272 Å². The van der Waals surface area contributed by atoms with Gasteiger partial charge in [0.05, 0.1) is 0 Å². The predicted octanol–water partition coefficient (Wildman–Crippen LogP) is 17.5. The van der Waals surface area contributed by atoms with E-state index in [4.69, 9.17) is 0 Å². The van der Waals surface area contributed by atoms with Gasteiger partial charge in [-0.25, -0.2) is 0 Å². The average Bonchev–Trinajstić information content (AvgIpc) is 3.09. The van der Waals surface area contributed by atoms with Gasteiger partial charge in [0.15, 0.2) is 0 Å². The van der Waals surface area contributed by atoms with Gasteiger partial charge < -0.3 is 5.11 Å². The van der Waals surface area contributed by atoms with Crippen LogP contribution in [-0.4, -0.2) is 16.1 Å². The van der Waals surface area contributed by atoms with Crippen LogP contribution in [-0.2, 0) is 0 Å². The number of unbranched alkanes of at least 4 members (excludes halogenated alkanes) is 28. The lowest BCUT2D eigenvalue weighted by Gasteiger charge is -2.15. The largest absolute Gasteiger partial charge is 0.396 e. The fourth-order valence-corrected chi connectivity index (χ4v) is 8.35. The quantitative estimate of drug-likeness (QED) is 0.0372. The third kappa shape index (κ3) is 44.7. The highest BCUT2D eigenvalue weighted by molar-refractivity contribution is 14.1. The topological polar surface area (TPSA) is 20.2 Å². The second kappa shape index (κ2) is 47.7. The lowest BCUT2D eigenvalue weighted by molar-refractivity contribution is 0.241. The molecule has 0 spiro atoms. The van der Waals surface area contributed by atoms with E-state index in [2.05, 4.69) is 50.3 Å². The van der Waals surface area contributed by atoms with Crippen molar-refractivity contribution in [3.05, 3.63) is 0 Å². The van der Waals surface area contributed by atoms with Gasteiger partial charge in [0, 0.05) is 6.61 Å². The van der Waals surface area contributed by atoms with E-state index in [1.54, 1.807) is 0 Å². The second-order valence-electron chi connectivity index (χ2n) is 15.8. The third-order valence-corrected chi connectivity index (χ3v) is 11.5. The fraction of sp³-hybridized carbons (Fsp3) is 1.00. The van der Waals surface area contributed by atoms with Crippen molar-refractivity contribution in [2.24, 2.45) is 11.8 Å². The highest BCUT2D eigenvalue weighted by Gasteiger charge is 2.09. The highest BCUT2D eigenvalue weighted by atomic mass is 127. The van der Waals surface area contributed by atoms with Gasteiger partial charge in [0.25, 0.3) is 0 Å². The SMILES string of the molecule is CCCCCCCCCCC(CCI)CCCCCCCCCC.CCCCCCCCCCC(CCO)CCCCCCCCCC. The van der Waals surface area contributed by atoms with E-state index in [1.807, 2.05) is 0 Å². The fourth-order valence-electron chi connectivity index (χ4n) is 7.47. The number of halogens is 1. The van der Waals surface area contributed by atoms with Gasteiger partial charge in [-0.2, -0.15) is 0 Å². The van der Waals surface area contributed by atoms with Crippen molar-refractivity contribution >= 4 is 22.6 Å². The minimum Gasteiger partial charge on any atom is -0.396 e. The number of rotatable bonds is 40. The van der Waals surface area contributed by atoms with Gasteiger partial charge in [-0.1, -0.05) is 281 Å². The Morgan fingerprint density at radius 1 is 0.292 bits per heavy atom. The maximum absolute atomic E-state index is 9.28. The van der Waals surface area contributed by atoms with E-state index in [-0.39, 0.29) is 0 Å². The van der Waals surface area contributed by atoms with E-state index >= 15 is 0 Å². The van der Waals surface area contributed by atoms with Crippen molar-refractivity contribution in [1.29, 1.82) is 0 Å². The molecule has 0 atom stereocenters. The summed E-state index contributed by atoms with van der Waals surface area (Å²) in [5.41, 5.74) is 0. The van der Waals surface area contributed by atoms with Crippen LogP contribution in [0.3, 0.4) is 0 Å². The monoisotopic (exact) mass is 791 g/mol. The number of aliphatic hydroxyl groups is 1. The minimum atomic E-state index is 0.388. The summed E-state index contributed by atoms with van der Waals surface area (Å²) in [6, 6.07) is 0. The Morgan fingerprint density at radius 3 is 0.708 bits per heavy atom. The number of alkyl halides is 1. The number of aliphatic hydroxyl groups excluding tert-OH is 1. The van der Waals surface area contributed by atoms with Crippen LogP contribution >= 0.6 is 22.6 Å². The Bertz CT molecular complexity index is 436. The van der Waals surface area contributed by atoms with Gasteiger partial charge in [0.2, 0.25) is 0 Å². The molecule has 1 nitrogen and oxygen atoms in total. The second-order valence-corrected chi connectivity index (χ2v) is 16.9. The first-order valence-electron chi connectivity index (χ1n) is 22.9. The van der Waals surface area contributed by atoms with Crippen molar-refractivity contribution < 1.29 is 5.11 Å². The summed E-state index contributed by atoms with van der Waals surface area (Å²) in [4.78, 5) is 0. The maximum atomic E-state index is 9.28. The van der Waals surface area contributed by atoms with Gasteiger partial charge in [-0.3, -0.25) is 0 Å². The molecule has 0 aromatic heterocycles. The Morgan fingerprint density at radius 2 is 0.500 bits per heavy atom. The molecule has 0 unspecified atom stereocenters. The molecule has 0 bridgehead atoms. The Kier molecular flexibility index (Phi) is 50.5. The van der Waals surface area contributed by atoms with E-state index in [9.17, 15) is 5.11 Å². The zero-order valence-electron chi connectivity index (χ0n) is 34.3. The molecular formula is C46H95IO. The molecule has 0 aliphatic heterocycles. The molecule has 0 fully saturated rings. The Hall–Kier alpha value is 0.690. The van der Waals surface area contributed by atoms with Crippen molar-refractivity contribution in [2.45, 2.75) is 272 Å². The summed E-state index contributed by atoms with van der Waals surface area (Å²) in [7, 11) is 0. The summed E-state index contributed by atoms with van der Waals surface area (Å²) in [6.45, 7) is 9.57. The first-order valence-corrected chi connectivity index (χ1v) is 24.4. The van der Waals surface area contributed by atoms with Crippen LogP contribution < -0.4 is 0 Å². The smallest absolute Gasteiger partial charge is 0.0433 e. The molecule has 0 aromatic rings. The summed E-state index contributed by atoms with van der Waals surface area (Å²) in [6.07, 6.45) is 54.2. The molecular weight excluding hydrogens is 695 g/mol. The van der Waals surface area contributed by atoms with Crippen LogP contribution in [0.15, 0.2) is 0 Å². The predicted molar refractivity (Wildman–Crippen MR) is 231 cm³/mol. The van der Waals surface area contributed by atoms with Crippen molar-refractivity contribution in [1.82, 2.24) is 0 Å². The average molecular weight is 791 g/mol. The van der Waals surface area contributed by atoms with Crippen molar-refractivity contribution in [2.75, 3.05) is 11.0 Å².